The number of benzene rings is 1. The molecular weight excluding hydrogens is 290 g/mol. The largest absolute Gasteiger partial charge is 0.494 e. The van der Waals surface area contributed by atoms with E-state index in [4.69, 9.17) is 0 Å². The second-order valence-corrected chi connectivity index (χ2v) is 5.27. The van der Waals surface area contributed by atoms with Crippen molar-refractivity contribution in [3.63, 3.8) is 0 Å². The lowest BCUT2D eigenvalue weighted by Crippen LogP contribution is -2.24. The Hall–Kier alpha value is -3.13. The fraction of sp³-hybridized carbons (Fsp3) is 0.167. The van der Waals surface area contributed by atoms with Crippen LogP contribution < -0.4 is 5.56 Å². The molecule has 0 aliphatic carbocycles. The summed E-state index contributed by atoms with van der Waals surface area (Å²) in [6.07, 6.45) is 3.49. The first-order valence-corrected chi connectivity index (χ1v) is 7.30. The molecular formula is C18H15N3O2. The molecule has 1 N–H and O–H groups in total. The molecule has 0 fully saturated rings. The Morgan fingerprint density at radius 3 is 2.83 bits per heavy atom. The maximum atomic E-state index is 12.2. The number of fused-ring (bicyclic) bond motifs is 1. The van der Waals surface area contributed by atoms with Gasteiger partial charge in [-0.15, -0.1) is 0 Å². The fourth-order valence-electron chi connectivity index (χ4n) is 2.75. The highest BCUT2D eigenvalue weighted by Gasteiger charge is 2.19. The van der Waals surface area contributed by atoms with Crippen molar-refractivity contribution in [1.29, 1.82) is 5.26 Å². The minimum atomic E-state index is -0.465. The number of pyridine rings is 1. The van der Waals surface area contributed by atoms with Gasteiger partial charge in [0.1, 0.15) is 11.6 Å². The van der Waals surface area contributed by atoms with E-state index >= 15 is 0 Å². The van der Waals surface area contributed by atoms with Crippen LogP contribution in [0.3, 0.4) is 0 Å². The molecule has 0 radical (unpaired) electrons. The molecule has 114 valence electrons. The average molecular weight is 305 g/mol. The zero-order chi connectivity index (χ0) is 16.6. The first kappa shape index (κ1) is 14.8. The Kier molecular flexibility index (Phi) is 3.59. The number of hydrogen-bond donors (Lipinski definition) is 1. The maximum Gasteiger partial charge on any atom is 0.271 e. The van der Waals surface area contributed by atoms with Gasteiger partial charge in [-0.1, -0.05) is 18.2 Å². The Morgan fingerprint density at radius 2 is 2.13 bits per heavy atom. The van der Waals surface area contributed by atoms with Crippen molar-refractivity contribution in [2.24, 2.45) is 4.99 Å². The minimum absolute atomic E-state index is 0.0553. The van der Waals surface area contributed by atoms with Crippen molar-refractivity contribution in [1.82, 2.24) is 4.57 Å². The van der Waals surface area contributed by atoms with Gasteiger partial charge in [0.15, 0.2) is 0 Å². The van der Waals surface area contributed by atoms with Crippen LogP contribution in [0.5, 0.6) is 5.88 Å². The van der Waals surface area contributed by atoms with Crippen LogP contribution in [0.1, 0.15) is 29.2 Å². The molecule has 0 spiro atoms. The van der Waals surface area contributed by atoms with Crippen LogP contribution in [0.15, 0.2) is 34.1 Å². The lowest BCUT2D eigenvalue weighted by Gasteiger charge is -2.13. The van der Waals surface area contributed by atoms with Gasteiger partial charge in [-0.25, -0.2) is 0 Å². The number of hydrogen-bond acceptors (Lipinski definition) is 4. The number of aromatic hydroxyl groups is 1. The predicted molar refractivity (Wildman–Crippen MR) is 90.0 cm³/mol. The number of aromatic nitrogens is 1. The average Bonchev–Trinajstić information content (AvgIpc) is 2.95. The minimum Gasteiger partial charge on any atom is -0.494 e. The highest BCUT2D eigenvalue weighted by Crippen LogP contribution is 2.34. The van der Waals surface area contributed by atoms with E-state index in [-0.39, 0.29) is 11.4 Å². The lowest BCUT2D eigenvalue weighted by molar-refractivity contribution is 0.409. The van der Waals surface area contributed by atoms with Gasteiger partial charge in [0.05, 0.1) is 5.69 Å². The topological polar surface area (TPSA) is 78.4 Å². The Morgan fingerprint density at radius 1 is 1.39 bits per heavy atom. The lowest BCUT2D eigenvalue weighted by atomic mass is 10.00. The Labute approximate surface area is 133 Å². The van der Waals surface area contributed by atoms with E-state index in [2.05, 4.69) is 4.99 Å². The van der Waals surface area contributed by atoms with Gasteiger partial charge in [-0.05, 0) is 31.6 Å². The molecule has 1 aliphatic rings. The summed E-state index contributed by atoms with van der Waals surface area (Å²) in [6.45, 7) is 3.71. The third-order valence-electron chi connectivity index (χ3n) is 4.02. The standard InChI is InChI=1S/C18H15N3O2/c1-3-21-17(22)14(11(2)15(9-19)18(21)23)8-12-10-20-16-7-5-4-6-13(12)16/h4-8,10,22H,3H2,1-2H3/b12-8+. The van der Waals surface area contributed by atoms with E-state index in [9.17, 15) is 15.2 Å². The van der Waals surface area contributed by atoms with E-state index in [0.29, 0.717) is 17.7 Å². The maximum absolute atomic E-state index is 12.2. The van der Waals surface area contributed by atoms with E-state index < -0.39 is 5.56 Å². The first-order chi connectivity index (χ1) is 11.1. The normalized spacial score (nSPS) is 14.0. The van der Waals surface area contributed by atoms with Gasteiger partial charge in [-0.2, -0.15) is 5.26 Å². The van der Waals surface area contributed by atoms with Gasteiger partial charge in [0.25, 0.3) is 5.56 Å². The van der Waals surface area contributed by atoms with Crippen LogP contribution in [0, 0.1) is 18.3 Å². The molecule has 0 saturated carbocycles. The van der Waals surface area contributed by atoms with E-state index in [1.165, 1.54) is 4.57 Å². The molecule has 0 atom stereocenters. The SMILES string of the molecule is CCn1c(O)c(/C=C2\C=Nc3ccccc32)c(C)c(C#N)c1=O. The summed E-state index contributed by atoms with van der Waals surface area (Å²) < 4.78 is 1.20. The summed E-state index contributed by atoms with van der Waals surface area (Å²) in [6, 6.07) is 9.63. The highest BCUT2D eigenvalue weighted by molar-refractivity contribution is 6.21. The van der Waals surface area contributed by atoms with Crippen molar-refractivity contribution in [3.8, 4) is 11.9 Å². The molecule has 2 aromatic rings. The molecule has 5 heteroatoms. The van der Waals surface area contributed by atoms with Crippen LogP contribution >= 0.6 is 0 Å². The third-order valence-corrected chi connectivity index (χ3v) is 4.02. The Balaban J connectivity index is 2.27. The molecule has 1 aliphatic heterocycles. The summed E-state index contributed by atoms with van der Waals surface area (Å²) in [5.74, 6) is -0.126. The Bertz CT molecular complexity index is 959. The van der Waals surface area contributed by atoms with Crippen LogP contribution in [0.25, 0.3) is 11.6 Å². The van der Waals surface area contributed by atoms with Crippen LogP contribution in [-0.2, 0) is 6.54 Å². The number of nitriles is 1. The summed E-state index contributed by atoms with van der Waals surface area (Å²) in [5, 5.41) is 19.7. The van der Waals surface area contributed by atoms with Crippen LogP contribution in [-0.4, -0.2) is 15.9 Å². The molecule has 1 aromatic heterocycles. The molecule has 23 heavy (non-hydrogen) atoms. The van der Waals surface area contributed by atoms with Gasteiger partial charge >= 0.3 is 0 Å². The van der Waals surface area contributed by atoms with E-state index in [0.717, 1.165) is 16.8 Å². The number of nitrogens with zero attached hydrogens (tertiary/aromatic N) is 3. The molecule has 3 rings (SSSR count). The van der Waals surface area contributed by atoms with Crippen molar-refractivity contribution >= 4 is 23.6 Å². The predicted octanol–water partition coefficient (Wildman–Crippen LogP) is 3.01. The monoisotopic (exact) mass is 305 g/mol. The second-order valence-electron chi connectivity index (χ2n) is 5.27. The first-order valence-electron chi connectivity index (χ1n) is 7.30. The smallest absolute Gasteiger partial charge is 0.271 e. The van der Waals surface area contributed by atoms with Crippen molar-refractivity contribution in [2.75, 3.05) is 0 Å². The van der Waals surface area contributed by atoms with Gasteiger partial charge < -0.3 is 5.11 Å². The number of para-hydroxylation sites is 1. The van der Waals surface area contributed by atoms with Gasteiger partial charge in [0.2, 0.25) is 5.88 Å². The molecule has 0 amide bonds. The van der Waals surface area contributed by atoms with Crippen molar-refractivity contribution in [3.05, 3.63) is 56.9 Å². The molecule has 5 nitrogen and oxygen atoms in total. The zero-order valence-electron chi connectivity index (χ0n) is 12.9. The summed E-state index contributed by atoms with van der Waals surface area (Å²) >= 11 is 0. The van der Waals surface area contributed by atoms with Gasteiger partial charge in [-0.3, -0.25) is 14.4 Å². The number of rotatable bonds is 2. The van der Waals surface area contributed by atoms with E-state index in [1.54, 1.807) is 26.1 Å². The van der Waals surface area contributed by atoms with Gasteiger partial charge in [0, 0.05) is 29.5 Å². The molecule has 2 heterocycles. The third kappa shape index (κ3) is 2.25. The molecule has 0 unspecified atom stereocenters. The fourth-order valence-corrected chi connectivity index (χ4v) is 2.75. The number of allylic oxidation sites excluding steroid dienone is 1. The quantitative estimate of drug-likeness (QED) is 0.926. The molecule has 1 aromatic carbocycles. The number of aliphatic imine (C=N–C) groups is 1. The van der Waals surface area contributed by atoms with Crippen LogP contribution in [0.4, 0.5) is 5.69 Å². The van der Waals surface area contributed by atoms with Crippen molar-refractivity contribution < 1.29 is 5.11 Å². The summed E-state index contributed by atoms with van der Waals surface area (Å²) in [4.78, 5) is 16.5. The van der Waals surface area contributed by atoms with Crippen LogP contribution in [0.2, 0.25) is 0 Å². The summed E-state index contributed by atoms with van der Waals surface area (Å²) in [5.41, 5.74) is 3.20. The zero-order valence-corrected chi connectivity index (χ0v) is 12.9. The second kappa shape index (κ2) is 5.58. The summed E-state index contributed by atoms with van der Waals surface area (Å²) in [7, 11) is 0. The molecule has 0 bridgehead atoms. The van der Waals surface area contributed by atoms with E-state index in [1.807, 2.05) is 30.3 Å². The highest BCUT2D eigenvalue weighted by atomic mass is 16.3. The van der Waals surface area contributed by atoms with Crippen molar-refractivity contribution in [2.45, 2.75) is 20.4 Å². The molecule has 0 saturated heterocycles.